The van der Waals surface area contributed by atoms with E-state index >= 15 is 0 Å². The van der Waals surface area contributed by atoms with Crippen molar-refractivity contribution in [2.24, 2.45) is 4.99 Å². The highest BCUT2D eigenvalue weighted by molar-refractivity contribution is 8.16. The lowest BCUT2D eigenvalue weighted by Crippen LogP contribution is -2.52. The largest absolute Gasteiger partial charge is 0.469 e. The Morgan fingerprint density at radius 1 is 1.56 bits per heavy atom. The third kappa shape index (κ3) is 3.38. The summed E-state index contributed by atoms with van der Waals surface area (Å²) < 4.78 is 10.4. The smallest absolute Gasteiger partial charge is 0.306 e. The van der Waals surface area contributed by atoms with Crippen LogP contribution >= 0.6 is 23.5 Å². The van der Waals surface area contributed by atoms with Gasteiger partial charge in [-0.1, -0.05) is 0 Å². The van der Waals surface area contributed by atoms with Crippen LogP contribution in [0.1, 0.15) is 13.3 Å². The number of hydrogen-bond acceptors (Lipinski definition) is 9. The normalized spacial score (nSPS) is 33.0. The molecule has 0 aromatic rings. The molecule has 0 aromatic carbocycles. The van der Waals surface area contributed by atoms with E-state index in [0.29, 0.717) is 0 Å². The van der Waals surface area contributed by atoms with E-state index in [1.807, 2.05) is 0 Å². The molecule has 0 saturated carbocycles. The third-order valence-electron chi connectivity index (χ3n) is 3.75. The number of aliphatic imine (C=N–C) groups is 1. The van der Waals surface area contributed by atoms with Gasteiger partial charge in [0, 0.05) is 0 Å². The standard InChI is InChI=1S/C13H16N4O6S2/c1-4(18)11-23-10(5(24-11)3-6(19)22-2)17-8-7(25-13(17)21)9(20)16-12(14)15-8/h4-5,7,10-11,18H,3H2,1-2H3,(H2,14,16,20)/t4-,5?,7?,10?,11?/m0/s1. The van der Waals surface area contributed by atoms with E-state index in [2.05, 4.69) is 15.0 Å². The van der Waals surface area contributed by atoms with Crippen molar-refractivity contribution in [1.29, 1.82) is 5.41 Å². The van der Waals surface area contributed by atoms with Gasteiger partial charge in [-0.3, -0.25) is 30.0 Å². The van der Waals surface area contributed by atoms with Crippen LogP contribution in [-0.2, 0) is 19.1 Å². The fourth-order valence-electron chi connectivity index (χ4n) is 2.62. The quantitative estimate of drug-likeness (QED) is 0.558. The number of carbonyl (C=O) groups excluding carboxylic acids is 3. The molecular weight excluding hydrogens is 372 g/mol. The molecule has 0 aliphatic carbocycles. The van der Waals surface area contributed by atoms with E-state index in [-0.39, 0.29) is 18.2 Å². The number of aliphatic hydroxyl groups excluding tert-OH is 1. The summed E-state index contributed by atoms with van der Waals surface area (Å²) in [5, 5.41) is 17.8. The zero-order valence-corrected chi connectivity index (χ0v) is 14.9. The number of esters is 1. The Kier molecular flexibility index (Phi) is 5.04. The zero-order chi connectivity index (χ0) is 18.3. The zero-order valence-electron chi connectivity index (χ0n) is 13.3. The minimum atomic E-state index is -0.897. The molecule has 10 nitrogen and oxygen atoms in total. The summed E-state index contributed by atoms with van der Waals surface area (Å²) in [5.41, 5.74) is -0.644. The van der Waals surface area contributed by atoms with Gasteiger partial charge in [-0.05, 0) is 18.7 Å². The molecule has 3 aliphatic heterocycles. The molecule has 3 N–H and O–H groups in total. The Bertz CT molecular complexity index is 669. The SMILES string of the molecule is COC(=O)CC1SC([C@H](C)O)OC1N1C(=O)SC2C(=O)NC(=N)N=C21. The molecule has 25 heavy (non-hydrogen) atoms. The summed E-state index contributed by atoms with van der Waals surface area (Å²) in [5.74, 6) is -1.24. The average molecular weight is 388 g/mol. The number of rotatable bonds is 4. The number of guanidine groups is 1. The molecule has 2 fully saturated rings. The Labute approximate surface area is 151 Å². The molecule has 0 spiro atoms. The van der Waals surface area contributed by atoms with Crippen LogP contribution in [0.15, 0.2) is 4.99 Å². The van der Waals surface area contributed by atoms with Gasteiger partial charge in [0.05, 0.1) is 24.9 Å². The molecule has 3 aliphatic rings. The molecule has 2 amide bonds. The lowest BCUT2D eigenvalue weighted by Gasteiger charge is -2.28. The third-order valence-corrected chi connectivity index (χ3v) is 6.33. The molecule has 3 rings (SSSR count). The summed E-state index contributed by atoms with van der Waals surface area (Å²) in [6.07, 6.45) is -1.76. The van der Waals surface area contributed by atoms with Crippen molar-refractivity contribution in [1.82, 2.24) is 10.2 Å². The number of amides is 2. The summed E-state index contributed by atoms with van der Waals surface area (Å²) in [7, 11) is 1.26. The highest BCUT2D eigenvalue weighted by Gasteiger charge is 2.53. The van der Waals surface area contributed by atoms with Crippen molar-refractivity contribution < 1.29 is 29.0 Å². The molecule has 12 heteroatoms. The summed E-state index contributed by atoms with van der Waals surface area (Å²) >= 11 is 1.99. The van der Waals surface area contributed by atoms with Crippen LogP contribution in [0.4, 0.5) is 4.79 Å². The second-order valence-electron chi connectivity index (χ2n) is 5.53. The minimum Gasteiger partial charge on any atom is -0.469 e. The number of amidine groups is 1. The van der Waals surface area contributed by atoms with E-state index in [4.69, 9.17) is 10.1 Å². The number of methoxy groups -OCH3 is 1. The molecule has 0 bridgehead atoms. The van der Waals surface area contributed by atoms with Gasteiger partial charge in [-0.2, -0.15) is 4.99 Å². The van der Waals surface area contributed by atoms with Crippen molar-refractivity contribution in [3.05, 3.63) is 0 Å². The van der Waals surface area contributed by atoms with E-state index in [1.165, 1.54) is 23.8 Å². The van der Waals surface area contributed by atoms with E-state index in [1.54, 1.807) is 6.92 Å². The van der Waals surface area contributed by atoms with Crippen LogP contribution in [0.5, 0.6) is 0 Å². The van der Waals surface area contributed by atoms with Gasteiger partial charge in [0.15, 0.2) is 11.5 Å². The highest BCUT2D eigenvalue weighted by atomic mass is 32.2. The van der Waals surface area contributed by atoms with Crippen LogP contribution in [-0.4, -0.2) is 74.3 Å². The van der Waals surface area contributed by atoms with Crippen LogP contribution < -0.4 is 5.32 Å². The minimum absolute atomic E-state index is 0.0366. The molecule has 136 valence electrons. The van der Waals surface area contributed by atoms with Gasteiger partial charge >= 0.3 is 5.97 Å². The van der Waals surface area contributed by atoms with Crippen molar-refractivity contribution in [3.8, 4) is 0 Å². The second-order valence-corrected chi connectivity index (χ2v) is 7.93. The fourth-order valence-corrected chi connectivity index (χ4v) is 4.87. The van der Waals surface area contributed by atoms with Crippen molar-refractivity contribution in [3.63, 3.8) is 0 Å². The first-order valence-electron chi connectivity index (χ1n) is 7.35. The van der Waals surface area contributed by atoms with E-state index in [0.717, 1.165) is 11.8 Å². The van der Waals surface area contributed by atoms with Gasteiger partial charge in [0.2, 0.25) is 11.9 Å². The van der Waals surface area contributed by atoms with Crippen molar-refractivity contribution in [2.45, 2.75) is 41.6 Å². The van der Waals surface area contributed by atoms with Gasteiger partial charge in [0.1, 0.15) is 11.3 Å². The monoisotopic (exact) mass is 388 g/mol. The molecular formula is C13H16N4O6S2. The average Bonchev–Trinajstić information content (AvgIpc) is 3.08. The molecule has 3 heterocycles. The predicted octanol–water partition coefficient (Wildman–Crippen LogP) is -0.285. The first-order valence-corrected chi connectivity index (χ1v) is 9.17. The Hall–Kier alpha value is -1.63. The summed E-state index contributed by atoms with van der Waals surface area (Å²) in [6.45, 7) is 1.54. The number of nitrogens with one attached hydrogen (secondary N) is 2. The molecule has 2 saturated heterocycles. The number of carbonyl (C=O) groups is 3. The summed E-state index contributed by atoms with van der Waals surface area (Å²) in [6, 6.07) is 0. The van der Waals surface area contributed by atoms with Gasteiger partial charge in [0.25, 0.3) is 5.24 Å². The molecule has 0 aromatic heterocycles. The Morgan fingerprint density at radius 2 is 2.28 bits per heavy atom. The molecule has 4 unspecified atom stereocenters. The van der Waals surface area contributed by atoms with Crippen LogP contribution in [0.25, 0.3) is 0 Å². The number of aliphatic hydroxyl groups is 1. The Morgan fingerprint density at radius 3 is 2.92 bits per heavy atom. The van der Waals surface area contributed by atoms with Crippen molar-refractivity contribution in [2.75, 3.05) is 7.11 Å². The topological polar surface area (TPSA) is 141 Å². The number of thioether (sulfide) groups is 2. The maximum atomic E-state index is 12.4. The lowest BCUT2D eigenvalue weighted by molar-refractivity contribution is -0.141. The highest BCUT2D eigenvalue weighted by Crippen LogP contribution is 2.42. The number of fused-ring (bicyclic) bond motifs is 1. The predicted molar refractivity (Wildman–Crippen MR) is 90.3 cm³/mol. The van der Waals surface area contributed by atoms with Crippen molar-refractivity contribution >= 4 is 52.4 Å². The first kappa shape index (κ1) is 18.2. The Balaban J connectivity index is 1.91. The molecule has 5 atom stereocenters. The van der Waals surface area contributed by atoms with Gasteiger partial charge in [-0.25, -0.2) is 0 Å². The number of hydrogen-bond donors (Lipinski definition) is 3. The van der Waals surface area contributed by atoms with E-state index < -0.39 is 45.4 Å². The molecule has 0 radical (unpaired) electrons. The maximum absolute atomic E-state index is 12.4. The van der Waals surface area contributed by atoms with Crippen LogP contribution in [0.2, 0.25) is 0 Å². The number of nitrogens with zero attached hydrogens (tertiary/aromatic N) is 2. The van der Waals surface area contributed by atoms with Gasteiger partial charge in [-0.15, -0.1) is 11.8 Å². The first-order chi connectivity index (χ1) is 11.8. The second kappa shape index (κ2) is 6.94. The van der Waals surface area contributed by atoms with Crippen LogP contribution in [0.3, 0.4) is 0 Å². The van der Waals surface area contributed by atoms with E-state index in [9.17, 15) is 19.5 Å². The fraction of sp³-hybridized carbons (Fsp3) is 0.615. The summed E-state index contributed by atoms with van der Waals surface area (Å²) in [4.78, 5) is 41.3. The number of ether oxygens (including phenoxy) is 2. The van der Waals surface area contributed by atoms with Crippen LogP contribution in [0, 0.1) is 5.41 Å². The lowest BCUT2D eigenvalue weighted by atomic mass is 10.2. The van der Waals surface area contributed by atoms with Gasteiger partial charge < -0.3 is 14.6 Å². The maximum Gasteiger partial charge on any atom is 0.306 e.